The van der Waals surface area contributed by atoms with Crippen LogP contribution in [0.25, 0.3) is 10.9 Å². The third kappa shape index (κ3) is 1.88. The molecule has 0 bridgehead atoms. The van der Waals surface area contributed by atoms with Gasteiger partial charge in [0.05, 0.1) is 5.52 Å². The quantitative estimate of drug-likeness (QED) is 0.701. The second-order valence-corrected chi connectivity index (χ2v) is 4.63. The zero-order chi connectivity index (χ0) is 12.5. The molecule has 0 radical (unpaired) electrons. The van der Waals surface area contributed by atoms with Gasteiger partial charge in [0.2, 0.25) is 5.95 Å². The number of aryl methyl sites for hydroxylation is 1. The van der Waals surface area contributed by atoms with Crippen LogP contribution in [0.4, 0.5) is 5.95 Å². The SMILES string of the molecule is Cn1ncnc1Sc1nc(N)nc2ccccc12. The van der Waals surface area contributed by atoms with Crippen LogP contribution in [0.1, 0.15) is 0 Å². The molecule has 6 nitrogen and oxygen atoms in total. The summed E-state index contributed by atoms with van der Waals surface area (Å²) in [6.45, 7) is 0. The van der Waals surface area contributed by atoms with Crippen molar-refractivity contribution in [3.8, 4) is 0 Å². The first kappa shape index (κ1) is 11.0. The molecular weight excluding hydrogens is 248 g/mol. The van der Waals surface area contributed by atoms with Crippen LogP contribution in [0.5, 0.6) is 0 Å². The van der Waals surface area contributed by atoms with Gasteiger partial charge < -0.3 is 5.73 Å². The summed E-state index contributed by atoms with van der Waals surface area (Å²) in [5.74, 6) is 0.262. The molecule has 0 aliphatic rings. The molecule has 0 spiro atoms. The Morgan fingerprint density at radius 1 is 1.22 bits per heavy atom. The van der Waals surface area contributed by atoms with Gasteiger partial charge in [0.15, 0.2) is 5.16 Å². The normalized spacial score (nSPS) is 10.9. The third-order valence-electron chi connectivity index (χ3n) is 2.44. The molecule has 0 unspecified atom stereocenters. The summed E-state index contributed by atoms with van der Waals surface area (Å²) in [5, 5.41) is 6.53. The first-order chi connectivity index (χ1) is 8.74. The van der Waals surface area contributed by atoms with Gasteiger partial charge in [0.25, 0.3) is 0 Å². The first-order valence-electron chi connectivity index (χ1n) is 5.28. The van der Waals surface area contributed by atoms with Crippen LogP contribution in [0, 0.1) is 0 Å². The number of anilines is 1. The van der Waals surface area contributed by atoms with Crippen molar-refractivity contribution >= 4 is 28.6 Å². The van der Waals surface area contributed by atoms with Crippen LogP contribution in [0.2, 0.25) is 0 Å². The monoisotopic (exact) mass is 258 g/mol. The van der Waals surface area contributed by atoms with Crippen molar-refractivity contribution in [3.63, 3.8) is 0 Å². The Labute approximate surface area is 107 Å². The fourth-order valence-electron chi connectivity index (χ4n) is 1.61. The Bertz CT molecular complexity index is 708. The average molecular weight is 258 g/mol. The lowest BCUT2D eigenvalue weighted by Crippen LogP contribution is -1.98. The van der Waals surface area contributed by atoms with Crippen LogP contribution in [0.3, 0.4) is 0 Å². The van der Waals surface area contributed by atoms with Crippen molar-refractivity contribution in [1.82, 2.24) is 24.7 Å². The third-order valence-corrected chi connectivity index (χ3v) is 3.50. The molecule has 90 valence electrons. The molecule has 7 heteroatoms. The second-order valence-electron chi connectivity index (χ2n) is 3.67. The molecule has 0 fully saturated rings. The Morgan fingerprint density at radius 2 is 2.06 bits per heavy atom. The van der Waals surface area contributed by atoms with E-state index in [1.165, 1.54) is 18.1 Å². The van der Waals surface area contributed by atoms with E-state index in [1.54, 1.807) is 4.68 Å². The summed E-state index contributed by atoms with van der Waals surface area (Å²) in [6, 6.07) is 7.75. The summed E-state index contributed by atoms with van der Waals surface area (Å²) in [5.41, 5.74) is 6.54. The molecule has 3 rings (SSSR count). The highest BCUT2D eigenvalue weighted by Gasteiger charge is 2.10. The molecule has 2 heterocycles. The molecule has 0 amide bonds. The fraction of sp³-hybridized carbons (Fsp3) is 0.0909. The van der Waals surface area contributed by atoms with E-state index < -0.39 is 0 Å². The number of fused-ring (bicyclic) bond motifs is 1. The lowest BCUT2D eigenvalue weighted by molar-refractivity contribution is 0.685. The highest BCUT2D eigenvalue weighted by molar-refractivity contribution is 7.99. The Balaban J connectivity index is 2.14. The highest BCUT2D eigenvalue weighted by Crippen LogP contribution is 2.30. The molecule has 2 N–H and O–H groups in total. The summed E-state index contributed by atoms with van der Waals surface area (Å²) >= 11 is 1.42. The maximum atomic E-state index is 5.71. The van der Waals surface area contributed by atoms with Crippen LogP contribution in [-0.2, 0) is 7.05 Å². The smallest absolute Gasteiger partial charge is 0.221 e. The number of hydrogen-bond donors (Lipinski definition) is 1. The predicted molar refractivity (Wildman–Crippen MR) is 69.1 cm³/mol. The molecule has 0 saturated carbocycles. The number of rotatable bonds is 2. The molecule has 0 aliphatic carbocycles. The van der Waals surface area contributed by atoms with Gasteiger partial charge in [0, 0.05) is 12.4 Å². The van der Waals surface area contributed by atoms with Gasteiger partial charge in [-0.2, -0.15) is 5.10 Å². The van der Waals surface area contributed by atoms with Gasteiger partial charge in [-0.15, -0.1) is 0 Å². The molecule has 0 aliphatic heterocycles. The Kier molecular flexibility index (Phi) is 2.60. The molecular formula is C11H10N6S. The fourth-order valence-corrected chi connectivity index (χ4v) is 2.48. The summed E-state index contributed by atoms with van der Waals surface area (Å²) < 4.78 is 1.69. The van der Waals surface area contributed by atoms with E-state index in [-0.39, 0.29) is 5.95 Å². The molecule has 2 aromatic heterocycles. The van der Waals surface area contributed by atoms with Crippen molar-refractivity contribution in [2.45, 2.75) is 10.2 Å². The van der Waals surface area contributed by atoms with Crippen LogP contribution < -0.4 is 5.73 Å². The number of nitrogens with zero attached hydrogens (tertiary/aromatic N) is 5. The van der Waals surface area contributed by atoms with E-state index in [0.717, 1.165) is 21.1 Å². The zero-order valence-corrected chi connectivity index (χ0v) is 10.4. The average Bonchev–Trinajstić information content (AvgIpc) is 2.75. The number of nitrogens with two attached hydrogens (primary N) is 1. The van der Waals surface area contributed by atoms with E-state index in [9.17, 15) is 0 Å². The number of benzene rings is 1. The van der Waals surface area contributed by atoms with Crippen molar-refractivity contribution in [2.75, 3.05) is 5.73 Å². The number of para-hydroxylation sites is 1. The van der Waals surface area contributed by atoms with Crippen LogP contribution in [-0.4, -0.2) is 24.7 Å². The highest BCUT2D eigenvalue weighted by atomic mass is 32.2. The summed E-state index contributed by atoms with van der Waals surface area (Å²) in [7, 11) is 1.84. The minimum absolute atomic E-state index is 0.262. The van der Waals surface area contributed by atoms with Crippen LogP contribution in [0.15, 0.2) is 40.8 Å². The molecule has 3 aromatic rings. The van der Waals surface area contributed by atoms with E-state index in [2.05, 4.69) is 20.1 Å². The van der Waals surface area contributed by atoms with Crippen molar-refractivity contribution < 1.29 is 0 Å². The molecule has 1 aromatic carbocycles. The lowest BCUT2D eigenvalue weighted by atomic mass is 10.2. The molecule has 0 atom stereocenters. The summed E-state index contributed by atoms with van der Waals surface area (Å²) in [4.78, 5) is 12.6. The van der Waals surface area contributed by atoms with Crippen molar-refractivity contribution in [3.05, 3.63) is 30.6 Å². The number of hydrogen-bond acceptors (Lipinski definition) is 6. The van der Waals surface area contributed by atoms with Gasteiger partial charge in [-0.1, -0.05) is 18.2 Å². The number of nitrogen functional groups attached to an aromatic ring is 1. The van der Waals surface area contributed by atoms with E-state index in [4.69, 9.17) is 5.73 Å². The lowest BCUT2D eigenvalue weighted by Gasteiger charge is -2.05. The standard InChI is InChI=1S/C11H10N6S/c1-17-11(13-6-14-17)18-9-7-4-2-3-5-8(7)15-10(12)16-9/h2-6H,1H3,(H2,12,15,16). The van der Waals surface area contributed by atoms with Gasteiger partial charge in [-0.3, -0.25) is 0 Å². The van der Waals surface area contributed by atoms with E-state index >= 15 is 0 Å². The minimum atomic E-state index is 0.262. The number of aromatic nitrogens is 5. The van der Waals surface area contributed by atoms with Gasteiger partial charge in [-0.25, -0.2) is 19.6 Å². The Hall–Kier alpha value is -2.15. The van der Waals surface area contributed by atoms with Gasteiger partial charge >= 0.3 is 0 Å². The van der Waals surface area contributed by atoms with Crippen LogP contribution >= 0.6 is 11.8 Å². The zero-order valence-electron chi connectivity index (χ0n) is 9.61. The van der Waals surface area contributed by atoms with E-state index in [1.807, 2.05) is 31.3 Å². The Morgan fingerprint density at radius 3 is 2.83 bits per heavy atom. The van der Waals surface area contributed by atoms with Crippen molar-refractivity contribution in [2.24, 2.45) is 7.05 Å². The van der Waals surface area contributed by atoms with Crippen molar-refractivity contribution in [1.29, 1.82) is 0 Å². The second kappa shape index (κ2) is 4.26. The predicted octanol–water partition coefficient (Wildman–Crippen LogP) is 1.49. The maximum Gasteiger partial charge on any atom is 0.221 e. The molecule has 18 heavy (non-hydrogen) atoms. The topological polar surface area (TPSA) is 82.5 Å². The maximum absolute atomic E-state index is 5.71. The first-order valence-corrected chi connectivity index (χ1v) is 6.10. The summed E-state index contributed by atoms with van der Waals surface area (Å²) in [6.07, 6.45) is 1.51. The largest absolute Gasteiger partial charge is 0.368 e. The molecule has 0 saturated heterocycles. The van der Waals surface area contributed by atoms with E-state index in [0.29, 0.717) is 0 Å². The van der Waals surface area contributed by atoms with Gasteiger partial charge in [-0.05, 0) is 17.8 Å². The van der Waals surface area contributed by atoms with Gasteiger partial charge in [0.1, 0.15) is 11.4 Å². The minimum Gasteiger partial charge on any atom is -0.368 e.